The summed E-state index contributed by atoms with van der Waals surface area (Å²) in [5.74, 6) is -7.56. The molecule has 0 spiro atoms. The van der Waals surface area contributed by atoms with Crippen molar-refractivity contribution in [3.8, 4) is 5.75 Å². The number of aliphatic hydroxyl groups is 1. The maximum Gasteiger partial charge on any atom is 0.417 e. The molecule has 2 aromatic rings. The van der Waals surface area contributed by atoms with E-state index in [0.29, 0.717) is 6.07 Å². The molecule has 13 heteroatoms. The number of hydrogen-bond acceptors (Lipinski definition) is 6. The first-order valence-corrected chi connectivity index (χ1v) is 10.4. The van der Waals surface area contributed by atoms with Gasteiger partial charge in [0, 0.05) is 23.5 Å². The Morgan fingerprint density at radius 3 is 2.51 bits per heavy atom. The monoisotopic (exact) mass is 507 g/mol. The number of carbonyl (C=O) groups excluding carboxylic acids is 1. The minimum Gasteiger partial charge on any atom is -0.493 e. The molecule has 1 saturated heterocycles. The molecule has 1 fully saturated rings. The molecular formula is C22H23F6N3O4. The van der Waals surface area contributed by atoms with Crippen LogP contribution in [0.4, 0.5) is 32.2 Å². The molecule has 1 aliphatic heterocycles. The van der Waals surface area contributed by atoms with Crippen molar-refractivity contribution >= 4 is 11.7 Å². The Morgan fingerprint density at radius 1 is 1.29 bits per heavy atom. The highest BCUT2D eigenvalue weighted by molar-refractivity contribution is 5.94. The van der Waals surface area contributed by atoms with Crippen LogP contribution in [0.15, 0.2) is 24.5 Å². The van der Waals surface area contributed by atoms with Gasteiger partial charge < -0.3 is 19.9 Å². The number of rotatable bonds is 6. The summed E-state index contributed by atoms with van der Waals surface area (Å²) in [7, 11) is 1.01. The van der Waals surface area contributed by atoms with Crippen LogP contribution in [0.3, 0.4) is 0 Å². The molecule has 192 valence electrons. The number of amides is 1. The molecule has 1 amide bonds. The quantitative estimate of drug-likeness (QED) is 0.574. The number of alkyl halides is 4. The number of anilines is 1. The van der Waals surface area contributed by atoms with Crippen LogP contribution in [0.5, 0.6) is 5.75 Å². The predicted octanol–water partition coefficient (Wildman–Crippen LogP) is 4.02. The lowest BCUT2D eigenvalue weighted by atomic mass is 9.77. The van der Waals surface area contributed by atoms with E-state index in [9.17, 15) is 36.2 Å². The Hall–Kier alpha value is -2.93. The molecule has 1 aromatic heterocycles. The molecule has 7 nitrogen and oxygen atoms in total. The highest BCUT2D eigenvalue weighted by Crippen LogP contribution is 2.55. The van der Waals surface area contributed by atoms with E-state index in [2.05, 4.69) is 15.3 Å². The molecule has 35 heavy (non-hydrogen) atoms. The largest absolute Gasteiger partial charge is 0.493 e. The maximum atomic E-state index is 14.4. The van der Waals surface area contributed by atoms with Crippen molar-refractivity contribution < 1.29 is 45.7 Å². The topological polar surface area (TPSA) is 93.6 Å². The lowest BCUT2D eigenvalue weighted by molar-refractivity contribution is -0.272. The van der Waals surface area contributed by atoms with Gasteiger partial charge in [0.05, 0.1) is 12.8 Å². The van der Waals surface area contributed by atoms with Crippen molar-refractivity contribution in [2.45, 2.75) is 50.2 Å². The summed E-state index contributed by atoms with van der Waals surface area (Å²) in [6.45, 7) is 1.85. The minimum absolute atomic E-state index is 0.190. The Morgan fingerprint density at radius 2 is 1.94 bits per heavy atom. The molecule has 5 atom stereocenters. The molecule has 1 unspecified atom stereocenters. The number of methoxy groups -OCH3 is 1. The summed E-state index contributed by atoms with van der Waals surface area (Å²) in [5.41, 5.74) is -5.22. The van der Waals surface area contributed by atoms with Gasteiger partial charge in [-0.05, 0) is 19.9 Å². The second-order valence-corrected chi connectivity index (χ2v) is 8.63. The van der Waals surface area contributed by atoms with Crippen molar-refractivity contribution in [3.63, 3.8) is 0 Å². The Kier molecular flexibility index (Phi) is 7.06. The zero-order chi connectivity index (χ0) is 26.3. The normalized spacial score (nSPS) is 26.3. The van der Waals surface area contributed by atoms with Gasteiger partial charge in [0.15, 0.2) is 17.2 Å². The SMILES string of the molecule is COc1c([C@H]2[C@H](C(=O)Nc3cc(C(C)(O)CF)ncn3)O[C@@](C)(C(F)(F)F)[C@H]2C)ccc(F)c1F. The van der Waals surface area contributed by atoms with Gasteiger partial charge in [-0.1, -0.05) is 13.0 Å². The number of halogens is 6. The zero-order valence-corrected chi connectivity index (χ0v) is 19.1. The van der Waals surface area contributed by atoms with Crippen LogP contribution in [-0.2, 0) is 15.1 Å². The van der Waals surface area contributed by atoms with Crippen LogP contribution in [0.25, 0.3) is 0 Å². The summed E-state index contributed by atoms with van der Waals surface area (Å²) >= 11 is 0. The summed E-state index contributed by atoms with van der Waals surface area (Å²) in [4.78, 5) is 20.6. The van der Waals surface area contributed by atoms with E-state index in [1.165, 1.54) is 6.92 Å². The van der Waals surface area contributed by atoms with Crippen molar-refractivity contribution in [1.82, 2.24) is 9.97 Å². The van der Waals surface area contributed by atoms with Crippen molar-refractivity contribution in [1.29, 1.82) is 0 Å². The van der Waals surface area contributed by atoms with Crippen molar-refractivity contribution in [3.05, 3.63) is 47.4 Å². The van der Waals surface area contributed by atoms with E-state index in [1.807, 2.05) is 0 Å². The van der Waals surface area contributed by atoms with Crippen LogP contribution in [-0.4, -0.2) is 52.6 Å². The van der Waals surface area contributed by atoms with Crippen LogP contribution >= 0.6 is 0 Å². The van der Waals surface area contributed by atoms with E-state index < -0.39 is 65.3 Å². The Labute approximate surface area is 196 Å². The number of ether oxygens (including phenoxy) is 2. The molecule has 0 radical (unpaired) electrons. The summed E-state index contributed by atoms with van der Waals surface area (Å²) in [6.07, 6.45) is -5.84. The number of carbonyl (C=O) groups is 1. The van der Waals surface area contributed by atoms with Crippen molar-refractivity contribution in [2.24, 2.45) is 5.92 Å². The van der Waals surface area contributed by atoms with E-state index in [1.54, 1.807) is 0 Å². The first-order chi connectivity index (χ1) is 16.2. The third-order valence-corrected chi connectivity index (χ3v) is 6.30. The van der Waals surface area contributed by atoms with E-state index in [-0.39, 0.29) is 17.1 Å². The van der Waals surface area contributed by atoms with Crippen LogP contribution in [0, 0.1) is 17.6 Å². The molecule has 3 rings (SSSR count). The summed E-state index contributed by atoms with van der Waals surface area (Å²) in [6, 6.07) is 2.80. The highest BCUT2D eigenvalue weighted by Gasteiger charge is 2.66. The van der Waals surface area contributed by atoms with Gasteiger partial charge in [-0.25, -0.2) is 18.7 Å². The number of hydrogen-bond donors (Lipinski definition) is 2. The molecule has 0 bridgehead atoms. The van der Waals surface area contributed by atoms with Crippen molar-refractivity contribution in [2.75, 3.05) is 19.1 Å². The third-order valence-electron chi connectivity index (χ3n) is 6.30. The lowest BCUT2D eigenvalue weighted by Crippen LogP contribution is -2.47. The van der Waals surface area contributed by atoms with Gasteiger partial charge in [0.1, 0.15) is 30.5 Å². The average molecular weight is 507 g/mol. The van der Waals surface area contributed by atoms with Gasteiger partial charge >= 0.3 is 6.18 Å². The molecule has 1 aliphatic rings. The van der Waals surface area contributed by atoms with Crippen LogP contribution in [0.1, 0.15) is 37.9 Å². The van der Waals surface area contributed by atoms with Gasteiger partial charge in [-0.2, -0.15) is 17.6 Å². The first kappa shape index (κ1) is 26.7. The second-order valence-electron chi connectivity index (χ2n) is 8.63. The molecule has 2 N–H and O–H groups in total. The maximum absolute atomic E-state index is 14.4. The first-order valence-electron chi connectivity index (χ1n) is 10.4. The van der Waals surface area contributed by atoms with E-state index in [0.717, 1.165) is 39.4 Å². The van der Waals surface area contributed by atoms with Gasteiger partial charge in [0.2, 0.25) is 5.82 Å². The standard InChI is InChI=1S/C22H23F6N3O4/c1-10-15(11-5-6-12(24)16(25)17(11)34-4)18(35-21(10,3)22(26,27)28)19(32)31-14-7-13(29-9-30-14)20(2,33)8-23/h5-7,9-10,15,18,33H,8H2,1-4H3,(H,29,30,31,32)/t10-,15-,18+,20?,21+/m0/s1. The van der Waals surface area contributed by atoms with Crippen LogP contribution < -0.4 is 10.1 Å². The molecular weight excluding hydrogens is 484 g/mol. The van der Waals surface area contributed by atoms with Gasteiger partial charge in [-0.15, -0.1) is 0 Å². The van der Waals surface area contributed by atoms with E-state index in [4.69, 9.17) is 9.47 Å². The fraction of sp³-hybridized carbons (Fsp3) is 0.500. The zero-order valence-electron chi connectivity index (χ0n) is 19.1. The van der Waals surface area contributed by atoms with Gasteiger partial charge in [0.25, 0.3) is 5.91 Å². The molecule has 0 aliphatic carbocycles. The summed E-state index contributed by atoms with van der Waals surface area (Å²) < 4.78 is 93.4. The fourth-order valence-corrected chi connectivity index (χ4v) is 4.03. The predicted molar refractivity (Wildman–Crippen MR) is 110 cm³/mol. The number of nitrogens with zero attached hydrogens (tertiary/aromatic N) is 2. The summed E-state index contributed by atoms with van der Waals surface area (Å²) in [5, 5.41) is 12.3. The smallest absolute Gasteiger partial charge is 0.417 e. The highest BCUT2D eigenvalue weighted by atomic mass is 19.4. The third kappa shape index (κ3) is 4.66. The van der Waals surface area contributed by atoms with E-state index >= 15 is 0 Å². The Balaban J connectivity index is 2.06. The lowest BCUT2D eigenvalue weighted by Gasteiger charge is -2.32. The number of aromatic nitrogens is 2. The molecule has 1 aromatic carbocycles. The Bertz CT molecular complexity index is 1110. The van der Waals surface area contributed by atoms with Gasteiger partial charge in [-0.3, -0.25) is 4.79 Å². The average Bonchev–Trinajstić information content (AvgIpc) is 3.07. The minimum atomic E-state index is -4.92. The number of nitrogens with one attached hydrogen (secondary N) is 1. The molecule has 0 saturated carbocycles. The second kappa shape index (κ2) is 9.26. The molecule has 2 heterocycles. The fourth-order valence-electron chi connectivity index (χ4n) is 4.03. The van der Waals surface area contributed by atoms with Crippen LogP contribution in [0.2, 0.25) is 0 Å². The number of benzene rings is 1.